The number of nitrogens with one attached hydrogen (secondary N) is 1. The lowest BCUT2D eigenvalue weighted by molar-refractivity contribution is 0.224. The maximum atomic E-state index is 13.6. The van der Waals surface area contributed by atoms with Crippen molar-refractivity contribution >= 4 is 32.6 Å². The van der Waals surface area contributed by atoms with Crippen LogP contribution in [0.3, 0.4) is 0 Å². The molecule has 0 amide bonds. The van der Waals surface area contributed by atoms with Gasteiger partial charge < -0.3 is 5.32 Å². The van der Waals surface area contributed by atoms with Crippen LogP contribution < -0.4 is 5.32 Å². The molecular weight excluding hydrogens is 524 g/mol. The molecule has 202 valence electrons. The Morgan fingerprint density at radius 1 is 1.03 bits per heavy atom. The Bertz CT molecular complexity index is 1730. The Morgan fingerprint density at radius 2 is 1.79 bits per heavy atom. The van der Waals surface area contributed by atoms with E-state index in [0.29, 0.717) is 46.1 Å². The lowest BCUT2D eigenvalue weighted by Gasteiger charge is -2.15. The zero-order valence-electron chi connectivity index (χ0n) is 22.1. The quantitative estimate of drug-likeness (QED) is 0.350. The van der Waals surface area contributed by atoms with Crippen LogP contribution in [-0.4, -0.2) is 51.5 Å². The molecule has 0 spiro atoms. The van der Waals surface area contributed by atoms with E-state index in [9.17, 15) is 17.2 Å². The zero-order valence-corrected chi connectivity index (χ0v) is 22.9. The van der Waals surface area contributed by atoms with Gasteiger partial charge in [-0.25, -0.2) is 22.2 Å². The number of nitrogens with zero attached hydrogens (tertiary/aromatic N) is 6. The van der Waals surface area contributed by atoms with Gasteiger partial charge >= 0.3 is 0 Å². The highest BCUT2D eigenvalue weighted by Crippen LogP contribution is 2.39. The van der Waals surface area contributed by atoms with Crippen molar-refractivity contribution in [1.82, 2.24) is 24.7 Å². The molecule has 1 aliphatic rings. The SMILES string of the molecule is Cc1ncc(Cc2cc(Nc3ccc(-c4cc(C)n(C)n4)cc3S(C)(=O)=O)c3c(n2)CC(C(F)F)=N3)nc1C. The molecule has 0 aliphatic carbocycles. The highest BCUT2D eigenvalue weighted by atomic mass is 32.2. The predicted octanol–water partition coefficient (Wildman–Crippen LogP) is 4.83. The summed E-state index contributed by atoms with van der Waals surface area (Å²) in [5.41, 5.74) is 6.10. The number of alkyl halides is 2. The Kier molecular flexibility index (Phi) is 6.75. The van der Waals surface area contributed by atoms with Crippen LogP contribution in [0.1, 0.15) is 34.2 Å². The largest absolute Gasteiger partial charge is 0.353 e. The van der Waals surface area contributed by atoms with Crippen molar-refractivity contribution in [1.29, 1.82) is 0 Å². The molecule has 4 heterocycles. The van der Waals surface area contributed by atoms with Gasteiger partial charge in [0.2, 0.25) is 0 Å². The van der Waals surface area contributed by atoms with Crippen LogP contribution in [0.4, 0.5) is 25.8 Å². The summed E-state index contributed by atoms with van der Waals surface area (Å²) in [6.45, 7) is 5.63. The molecule has 12 heteroatoms. The van der Waals surface area contributed by atoms with E-state index in [1.807, 2.05) is 33.9 Å². The molecule has 1 N–H and O–H groups in total. The third kappa shape index (κ3) is 5.42. The number of hydrogen-bond donors (Lipinski definition) is 1. The molecule has 0 saturated heterocycles. The average Bonchev–Trinajstić information content (AvgIpc) is 3.44. The smallest absolute Gasteiger partial charge is 0.277 e. The molecule has 1 aliphatic heterocycles. The summed E-state index contributed by atoms with van der Waals surface area (Å²) in [4.78, 5) is 17.7. The number of halogens is 2. The van der Waals surface area contributed by atoms with E-state index < -0.39 is 16.3 Å². The van der Waals surface area contributed by atoms with Gasteiger partial charge in [-0.2, -0.15) is 5.10 Å². The van der Waals surface area contributed by atoms with Crippen LogP contribution in [0.15, 0.2) is 46.4 Å². The number of pyridine rings is 1. The second-order valence-electron chi connectivity index (χ2n) is 9.65. The molecule has 4 aromatic rings. The monoisotopic (exact) mass is 551 g/mol. The number of benzene rings is 1. The van der Waals surface area contributed by atoms with Gasteiger partial charge in [0.25, 0.3) is 6.43 Å². The minimum atomic E-state index is -3.68. The standard InChI is InChI=1S/C27H27F2N7O2S/c1-14-8-21(35-36(14)4)17-6-7-20(25(9-17)39(5,37)38)33-22-11-18(10-19-13-30-15(2)16(3)31-19)32-23-12-24(27(28)29)34-26(22)23/h6-9,11,13,27H,10,12H2,1-5H3,(H,32,33). The van der Waals surface area contributed by atoms with Gasteiger partial charge in [-0.15, -0.1) is 0 Å². The highest BCUT2D eigenvalue weighted by molar-refractivity contribution is 7.90. The summed E-state index contributed by atoms with van der Waals surface area (Å²) in [5.74, 6) is 0. The Labute approximate surface area is 225 Å². The second-order valence-corrected chi connectivity index (χ2v) is 11.6. The lowest BCUT2D eigenvalue weighted by atomic mass is 10.1. The van der Waals surface area contributed by atoms with Crippen molar-refractivity contribution < 1.29 is 17.2 Å². The van der Waals surface area contributed by atoms with Gasteiger partial charge in [0.05, 0.1) is 50.5 Å². The van der Waals surface area contributed by atoms with Gasteiger partial charge in [-0.3, -0.25) is 19.6 Å². The first kappa shape index (κ1) is 26.5. The molecule has 0 radical (unpaired) electrons. The number of fused-ring (bicyclic) bond motifs is 1. The number of rotatable bonds is 7. The second kappa shape index (κ2) is 9.92. The van der Waals surface area contributed by atoms with E-state index >= 15 is 0 Å². The fraction of sp³-hybridized carbons (Fsp3) is 0.296. The van der Waals surface area contributed by atoms with Crippen molar-refractivity contribution in [3.63, 3.8) is 0 Å². The number of aromatic nitrogens is 5. The van der Waals surface area contributed by atoms with Gasteiger partial charge in [0, 0.05) is 49.3 Å². The third-order valence-corrected chi connectivity index (χ3v) is 7.77. The van der Waals surface area contributed by atoms with Crippen molar-refractivity contribution in [2.45, 2.75) is 44.9 Å². The van der Waals surface area contributed by atoms with Crippen LogP contribution in [-0.2, 0) is 29.7 Å². The van der Waals surface area contributed by atoms with Crippen molar-refractivity contribution in [2.75, 3.05) is 11.6 Å². The van der Waals surface area contributed by atoms with Crippen molar-refractivity contribution in [3.8, 4) is 11.3 Å². The molecular formula is C27H27F2N7O2S. The van der Waals surface area contributed by atoms with E-state index in [2.05, 4.69) is 30.4 Å². The normalized spacial score (nSPS) is 13.1. The lowest BCUT2D eigenvalue weighted by Crippen LogP contribution is -2.10. The summed E-state index contributed by atoms with van der Waals surface area (Å²) >= 11 is 0. The summed E-state index contributed by atoms with van der Waals surface area (Å²) in [7, 11) is -1.87. The fourth-order valence-electron chi connectivity index (χ4n) is 4.36. The number of hydrogen-bond acceptors (Lipinski definition) is 8. The van der Waals surface area contributed by atoms with Crippen molar-refractivity contribution in [2.24, 2.45) is 12.0 Å². The van der Waals surface area contributed by atoms with Gasteiger partial charge in [0.15, 0.2) is 9.84 Å². The summed E-state index contributed by atoms with van der Waals surface area (Å²) in [6.07, 6.45) is 0.274. The minimum Gasteiger partial charge on any atom is -0.353 e. The Hall–Kier alpha value is -4.06. The first-order valence-electron chi connectivity index (χ1n) is 12.2. The minimum absolute atomic E-state index is 0.0477. The number of aryl methyl sites for hydroxylation is 4. The van der Waals surface area contributed by atoms with E-state index in [1.165, 1.54) is 0 Å². The van der Waals surface area contributed by atoms with Gasteiger partial charge in [-0.05, 0) is 45.0 Å². The molecule has 9 nitrogen and oxygen atoms in total. The Balaban J connectivity index is 1.58. The van der Waals surface area contributed by atoms with E-state index in [-0.39, 0.29) is 22.7 Å². The van der Waals surface area contributed by atoms with Crippen molar-refractivity contribution in [3.05, 3.63) is 70.7 Å². The summed E-state index contributed by atoms with van der Waals surface area (Å²) in [6, 6.07) is 8.52. The average molecular weight is 552 g/mol. The fourth-order valence-corrected chi connectivity index (χ4v) is 5.22. The van der Waals surface area contributed by atoms with E-state index in [4.69, 9.17) is 0 Å². The van der Waals surface area contributed by atoms with Gasteiger partial charge in [0.1, 0.15) is 5.69 Å². The topological polar surface area (TPSA) is 115 Å². The third-order valence-electron chi connectivity index (χ3n) is 6.64. The van der Waals surface area contributed by atoms with E-state index in [0.717, 1.165) is 23.3 Å². The molecule has 0 fully saturated rings. The first-order valence-corrected chi connectivity index (χ1v) is 14.1. The Morgan fingerprint density at radius 3 is 2.44 bits per heavy atom. The molecule has 5 rings (SSSR count). The summed E-state index contributed by atoms with van der Waals surface area (Å²) < 4.78 is 54.5. The molecule has 39 heavy (non-hydrogen) atoms. The van der Waals surface area contributed by atoms with Crippen LogP contribution in [0.5, 0.6) is 0 Å². The number of anilines is 2. The van der Waals surface area contributed by atoms with Crippen LogP contribution in [0.25, 0.3) is 11.3 Å². The molecule has 0 saturated carbocycles. The van der Waals surface area contributed by atoms with Gasteiger partial charge in [-0.1, -0.05) is 6.07 Å². The number of sulfone groups is 1. The maximum Gasteiger partial charge on any atom is 0.277 e. The first-order chi connectivity index (χ1) is 18.4. The van der Waals surface area contributed by atoms with Crippen LogP contribution in [0.2, 0.25) is 0 Å². The highest BCUT2D eigenvalue weighted by Gasteiger charge is 2.27. The molecule has 3 aromatic heterocycles. The zero-order chi connectivity index (χ0) is 28.1. The molecule has 0 unspecified atom stereocenters. The maximum absolute atomic E-state index is 13.6. The van der Waals surface area contributed by atoms with Crippen LogP contribution >= 0.6 is 0 Å². The number of aliphatic imine (C=N–C) groups is 1. The molecule has 1 aromatic carbocycles. The van der Waals surface area contributed by atoms with E-state index in [1.54, 1.807) is 35.1 Å². The predicted molar refractivity (Wildman–Crippen MR) is 145 cm³/mol. The molecule has 0 bridgehead atoms. The van der Waals surface area contributed by atoms with Crippen LogP contribution in [0, 0.1) is 20.8 Å². The summed E-state index contributed by atoms with van der Waals surface area (Å²) in [5, 5.41) is 7.59. The molecule has 0 atom stereocenters.